The Morgan fingerprint density at radius 2 is 1.86 bits per heavy atom. The third kappa shape index (κ3) is 7.38. The highest BCUT2D eigenvalue weighted by molar-refractivity contribution is 5.85. The lowest BCUT2D eigenvalue weighted by Crippen LogP contribution is -2.45. The Balaban J connectivity index is 0. The molecule has 3 N–H and O–H groups in total. The number of amides is 1. The van der Waals surface area contributed by atoms with Gasteiger partial charge in [-0.25, -0.2) is 4.39 Å². The van der Waals surface area contributed by atoms with Gasteiger partial charge in [-0.3, -0.25) is 4.79 Å². The molecule has 2 atom stereocenters. The number of ether oxygens (including phenoxy) is 1. The molecule has 0 saturated carbocycles. The topological polar surface area (TPSA) is 67.6 Å². The standard InChI is InChI=1S/C14H22FN3O2.2ClH/c1-18(2)13(10-4-6-11(15)7-5-10)8-17-14(19)12(16)9-20-3;;/h4-7,12-13H,8-9,16H2,1-3H3,(H,17,19);2*1H. The number of nitrogens with zero attached hydrogens (tertiary/aromatic N) is 1. The van der Waals surface area contributed by atoms with Crippen LogP contribution in [0.3, 0.4) is 0 Å². The number of halogens is 3. The van der Waals surface area contributed by atoms with Gasteiger partial charge in [-0.15, -0.1) is 24.8 Å². The molecule has 0 aromatic heterocycles. The third-order valence-corrected chi connectivity index (χ3v) is 3.03. The summed E-state index contributed by atoms with van der Waals surface area (Å²) in [5, 5.41) is 2.78. The Morgan fingerprint density at radius 3 is 2.32 bits per heavy atom. The van der Waals surface area contributed by atoms with E-state index in [1.165, 1.54) is 19.2 Å². The van der Waals surface area contributed by atoms with Crippen LogP contribution in [-0.2, 0) is 9.53 Å². The van der Waals surface area contributed by atoms with E-state index >= 15 is 0 Å². The minimum atomic E-state index is -0.684. The zero-order valence-corrected chi connectivity index (χ0v) is 14.5. The monoisotopic (exact) mass is 355 g/mol. The largest absolute Gasteiger partial charge is 0.383 e. The molecule has 0 aliphatic rings. The van der Waals surface area contributed by atoms with Crippen LogP contribution >= 0.6 is 24.8 Å². The van der Waals surface area contributed by atoms with Gasteiger partial charge in [0.05, 0.1) is 12.6 Å². The van der Waals surface area contributed by atoms with Crippen molar-refractivity contribution in [3.63, 3.8) is 0 Å². The van der Waals surface area contributed by atoms with E-state index in [2.05, 4.69) is 5.32 Å². The average molecular weight is 356 g/mol. The normalized spacial score (nSPS) is 12.8. The molecular formula is C14H24Cl2FN3O2. The Morgan fingerprint density at radius 1 is 1.32 bits per heavy atom. The Kier molecular flexibility index (Phi) is 12.3. The molecule has 22 heavy (non-hydrogen) atoms. The van der Waals surface area contributed by atoms with Crippen LogP contribution in [0.4, 0.5) is 4.39 Å². The van der Waals surface area contributed by atoms with E-state index in [1.807, 2.05) is 19.0 Å². The van der Waals surface area contributed by atoms with Crippen molar-refractivity contribution in [3.05, 3.63) is 35.6 Å². The summed E-state index contributed by atoms with van der Waals surface area (Å²) in [4.78, 5) is 13.7. The van der Waals surface area contributed by atoms with Crippen molar-refractivity contribution in [1.29, 1.82) is 0 Å². The first-order valence-corrected chi connectivity index (χ1v) is 6.39. The summed E-state index contributed by atoms with van der Waals surface area (Å²) in [7, 11) is 5.29. The molecule has 0 saturated heterocycles. The molecule has 128 valence electrons. The molecule has 5 nitrogen and oxygen atoms in total. The Labute approximate surface area is 143 Å². The number of carbonyl (C=O) groups excluding carboxylic acids is 1. The highest BCUT2D eigenvalue weighted by Crippen LogP contribution is 2.17. The number of hydrogen-bond acceptors (Lipinski definition) is 4. The number of methoxy groups -OCH3 is 1. The molecule has 1 amide bonds. The van der Waals surface area contributed by atoms with Gasteiger partial charge in [0, 0.05) is 13.7 Å². The number of nitrogens with two attached hydrogens (primary N) is 1. The van der Waals surface area contributed by atoms with Crippen molar-refractivity contribution in [3.8, 4) is 0 Å². The first-order chi connectivity index (χ1) is 9.45. The highest BCUT2D eigenvalue weighted by Gasteiger charge is 2.18. The van der Waals surface area contributed by atoms with E-state index < -0.39 is 6.04 Å². The van der Waals surface area contributed by atoms with Crippen molar-refractivity contribution in [2.45, 2.75) is 12.1 Å². The smallest absolute Gasteiger partial charge is 0.239 e. The summed E-state index contributed by atoms with van der Waals surface area (Å²) in [6, 6.07) is 5.50. The molecule has 0 fully saturated rings. The second-order valence-electron chi connectivity index (χ2n) is 4.84. The summed E-state index contributed by atoms with van der Waals surface area (Å²) in [6.07, 6.45) is 0. The summed E-state index contributed by atoms with van der Waals surface area (Å²) in [5.74, 6) is -0.543. The van der Waals surface area contributed by atoms with Gasteiger partial charge in [0.1, 0.15) is 11.9 Å². The molecule has 0 spiro atoms. The van der Waals surface area contributed by atoms with Crippen molar-refractivity contribution in [2.75, 3.05) is 34.4 Å². The predicted molar refractivity (Wildman–Crippen MR) is 90.2 cm³/mol. The van der Waals surface area contributed by atoms with E-state index in [1.54, 1.807) is 12.1 Å². The maximum Gasteiger partial charge on any atom is 0.239 e. The van der Waals surface area contributed by atoms with Gasteiger partial charge in [-0.05, 0) is 31.8 Å². The summed E-state index contributed by atoms with van der Waals surface area (Å²) >= 11 is 0. The molecule has 0 radical (unpaired) electrons. The lowest BCUT2D eigenvalue weighted by Gasteiger charge is -2.25. The number of nitrogens with one attached hydrogen (secondary N) is 1. The van der Waals surface area contributed by atoms with Crippen LogP contribution in [0, 0.1) is 5.82 Å². The Hall–Kier alpha value is -0.920. The second kappa shape index (κ2) is 11.6. The zero-order chi connectivity index (χ0) is 15.1. The van der Waals surface area contributed by atoms with Gasteiger partial charge < -0.3 is 20.7 Å². The van der Waals surface area contributed by atoms with Crippen molar-refractivity contribution in [1.82, 2.24) is 10.2 Å². The predicted octanol–water partition coefficient (Wildman–Crippen LogP) is 1.36. The molecule has 0 aliphatic heterocycles. The second-order valence-corrected chi connectivity index (χ2v) is 4.84. The van der Waals surface area contributed by atoms with Gasteiger partial charge in [-0.2, -0.15) is 0 Å². The number of hydrogen-bond donors (Lipinski definition) is 2. The van der Waals surface area contributed by atoms with E-state index in [4.69, 9.17) is 10.5 Å². The van der Waals surface area contributed by atoms with Crippen LogP contribution in [0.2, 0.25) is 0 Å². The molecule has 1 aromatic carbocycles. The minimum absolute atomic E-state index is 0. The molecule has 0 aliphatic carbocycles. The molecule has 0 heterocycles. The molecular weight excluding hydrogens is 332 g/mol. The maximum atomic E-state index is 12.9. The van der Waals surface area contributed by atoms with Crippen molar-refractivity contribution < 1.29 is 13.9 Å². The van der Waals surface area contributed by atoms with Gasteiger partial charge in [0.15, 0.2) is 0 Å². The number of carbonyl (C=O) groups is 1. The fraction of sp³-hybridized carbons (Fsp3) is 0.500. The van der Waals surface area contributed by atoms with E-state index in [0.717, 1.165) is 5.56 Å². The Bertz CT molecular complexity index is 433. The SMILES string of the molecule is COCC(N)C(=O)NCC(c1ccc(F)cc1)N(C)C.Cl.Cl. The minimum Gasteiger partial charge on any atom is -0.383 e. The van der Waals surface area contributed by atoms with Crippen LogP contribution in [0.1, 0.15) is 11.6 Å². The lowest BCUT2D eigenvalue weighted by atomic mass is 10.1. The van der Waals surface area contributed by atoms with Crippen LogP contribution in [0.25, 0.3) is 0 Å². The van der Waals surface area contributed by atoms with Crippen molar-refractivity contribution in [2.24, 2.45) is 5.73 Å². The van der Waals surface area contributed by atoms with Crippen molar-refractivity contribution >= 4 is 30.7 Å². The molecule has 1 aromatic rings. The van der Waals surface area contributed by atoms with E-state index in [0.29, 0.717) is 6.54 Å². The first kappa shape index (κ1) is 23.3. The summed E-state index contributed by atoms with van der Waals surface area (Å²) in [5.41, 5.74) is 6.58. The van der Waals surface area contributed by atoms with Crippen LogP contribution < -0.4 is 11.1 Å². The van der Waals surface area contributed by atoms with E-state index in [-0.39, 0.29) is 49.2 Å². The zero-order valence-electron chi connectivity index (χ0n) is 12.9. The van der Waals surface area contributed by atoms with E-state index in [9.17, 15) is 9.18 Å². The number of rotatable bonds is 7. The molecule has 0 bridgehead atoms. The van der Waals surface area contributed by atoms with Gasteiger partial charge in [0.25, 0.3) is 0 Å². The summed E-state index contributed by atoms with van der Waals surface area (Å²) < 4.78 is 17.8. The van der Waals surface area contributed by atoms with Crippen LogP contribution in [-0.4, -0.2) is 51.2 Å². The third-order valence-electron chi connectivity index (χ3n) is 3.03. The van der Waals surface area contributed by atoms with Gasteiger partial charge in [0.2, 0.25) is 5.91 Å². The fourth-order valence-corrected chi connectivity index (χ4v) is 1.87. The molecule has 2 unspecified atom stereocenters. The molecule has 1 rings (SSSR count). The maximum absolute atomic E-state index is 12.9. The molecule has 8 heteroatoms. The quantitative estimate of drug-likeness (QED) is 0.774. The average Bonchev–Trinajstić information content (AvgIpc) is 2.40. The number of likely N-dealkylation sites (N-methyl/N-ethyl adjacent to an activating group) is 1. The van der Waals surface area contributed by atoms with Crippen LogP contribution in [0.15, 0.2) is 24.3 Å². The highest BCUT2D eigenvalue weighted by atomic mass is 35.5. The summed E-state index contributed by atoms with van der Waals surface area (Å²) in [6.45, 7) is 0.573. The van der Waals surface area contributed by atoms with Crippen LogP contribution in [0.5, 0.6) is 0 Å². The fourth-order valence-electron chi connectivity index (χ4n) is 1.87. The lowest BCUT2D eigenvalue weighted by molar-refractivity contribution is -0.123. The van der Waals surface area contributed by atoms with Gasteiger partial charge in [-0.1, -0.05) is 12.1 Å². The van der Waals surface area contributed by atoms with Gasteiger partial charge >= 0.3 is 0 Å². The first-order valence-electron chi connectivity index (χ1n) is 6.39. The number of benzene rings is 1.